The van der Waals surface area contributed by atoms with E-state index >= 15 is 0 Å². The van der Waals surface area contributed by atoms with Crippen molar-refractivity contribution in [2.45, 2.75) is 6.92 Å². The lowest BCUT2D eigenvalue weighted by molar-refractivity contribution is 0.0734. The highest BCUT2D eigenvalue weighted by Gasteiger charge is 2.10. The molecule has 0 saturated heterocycles. The predicted octanol–water partition coefficient (Wildman–Crippen LogP) is 5.28. The first kappa shape index (κ1) is 20.6. The van der Waals surface area contributed by atoms with Crippen molar-refractivity contribution in [2.24, 2.45) is 5.10 Å². The maximum atomic E-state index is 12.1. The molecule has 3 aromatic carbocycles. The zero-order valence-corrected chi connectivity index (χ0v) is 16.9. The second kappa shape index (κ2) is 9.37. The Morgan fingerprint density at radius 2 is 1.66 bits per heavy atom. The fourth-order valence-electron chi connectivity index (χ4n) is 2.40. The van der Waals surface area contributed by atoms with Crippen molar-refractivity contribution < 1.29 is 14.3 Å². The molecule has 7 heteroatoms. The number of carbonyl (C=O) groups is 2. The first-order valence-electron chi connectivity index (χ1n) is 8.60. The molecule has 1 amide bonds. The van der Waals surface area contributed by atoms with Crippen LogP contribution in [0.4, 0.5) is 0 Å². The Bertz CT molecular complexity index is 1060. The smallest absolute Gasteiger partial charge is 0.343 e. The number of nitrogens with zero attached hydrogens (tertiary/aromatic N) is 1. The molecule has 0 unspecified atom stereocenters. The second-order valence-corrected chi connectivity index (χ2v) is 6.99. The number of amides is 1. The summed E-state index contributed by atoms with van der Waals surface area (Å²) in [4.78, 5) is 24.2. The van der Waals surface area contributed by atoms with Gasteiger partial charge in [0.2, 0.25) is 0 Å². The Labute approximate surface area is 177 Å². The molecule has 0 bridgehead atoms. The Morgan fingerprint density at radius 3 is 2.31 bits per heavy atom. The number of ether oxygens (including phenoxy) is 1. The van der Waals surface area contributed by atoms with Gasteiger partial charge in [-0.3, -0.25) is 4.79 Å². The zero-order valence-electron chi connectivity index (χ0n) is 15.4. The average Bonchev–Trinajstić information content (AvgIpc) is 2.69. The molecule has 29 heavy (non-hydrogen) atoms. The minimum atomic E-state index is -0.481. The number of nitrogens with one attached hydrogen (secondary N) is 1. The van der Waals surface area contributed by atoms with Gasteiger partial charge in [-0.15, -0.1) is 0 Å². The van der Waals surface area contributed by atoms with Gasteiger partial charge < -0.3 is 4.74 Å². The number of esters is 1. The first-order valence-corrected chi connectivity index (χ1v) is 9.35. The Hall–Kier alpha value is -3.15. The van der Waals surface area contributed by atoms with Gasteiger partial charge in [0, 0.05) is 5.02 Å². The van der Waals surface area contributed by atoms with E-state index in [0.717, 1.165) is 5.56 Å². The summed E-state index contributed by atoms with van der Waals surface area (Å²) in [5.74, 6) is -0.498. The van der Waals surface area contributed by atoms with Gasteiger partial charge in [0.15, 0.2) is 0 Å². The molecule has 3 rings (SSSR count). The molecule has 0 spiro atoms. The van der Waals surface area contributed by atoms with E-state index in [1.54, 1.807) is 66.7 Å². The van der Waals surface area contributed by atoms with Crippen LogP contribution in [0.25, 0.3) is 0 Å². The van der Waals surface area contributed by atoms with Gasteiger partial charge in [-0.25, -0.2) is 10.2 Å². The van der Waals surface area contributed by atoms with Crippen molar-refractivity contribution in [1.29, 1.82) is 0 Å². The fraction of sp³-hybridized carbons (Fsp3) is 0.0455. The number of benzene rings is 3. The van der Waals surface area contributed by atoms with Gasteiger partial charge >= 0.3 is 5.97 Å². The molecular weight excluding hydrogens is 411 g/mol. The van der Waals surface area contributed by atoms with Crippen LogP contribution in [-0.2, 0) is 0 Å². The van der Waals surface area contributed by atoms with Crippen LogP contribution in [0.5, 0.6) is 5.75 Å². The van der Waals surface area contributed by atoms with Gasteiger partial charge in [0.05, 0.1) is 22.4 Å². The fourth-order valence-corrected chi connectivity index (χ4v) is 2.85. The molecule has 0 aromatic heterocycles. The van der Waals surface area contributed by atoms with E-state index in [4.69, 9.17) is 27.9 Å². The molecule has 0 radical (unpaired) electrons. The summed E-state index contributed by atoms with van der Waals surface area (Å²) >= 11 is 11.9. The van der Waals surface area contributed by atoms with Crippen LogP contribution in [0.2, 0.25) is 10.0 Å². The summed E-state index contributed by atoms with van der Waals surface area (Å²) in [6.07, 6.45) is 1.48. The van der Waals surface area contributed by atoms with Crippen molar-refractivity contribution in [3.05, 3.63) is 99.0 Å². The van der Waals surface area contributed by atoms with Crippen molar-refractivity contribution in [2.75, 3.05) is 0 Å². The minimum Gasteiger partial charge on any atom is -0.423 e. The molecule has 0 aliphatic rings. The van der Waals surface area contributed by atoms with Crippen LogP contribution in [0.3, 0.4) is 0 Å². The number of rotatable bonds is 5. The van der Waals surface area contributed by atoms with E-state index in [9.17, 15) is 9.59 Å². The average molecular weight is 427 g/mol. The highest BCUT2D eigenvalue weighted by atomic mass is 35.5. The SMILES string of the molecule is Cc1ccc(C(=O)N/N=C\c2ccc(OC(=O)c3ccc(Cl)cc3)cc2)c(Cl)c1. The Morgan fingerprint density at radius 1 is 0.966 bits per heavy atom. The van der Waals surface area contributed by atoms with Gasteiger partial charge in [0.25, 0.3) is 5.91 Å². The molecule has 0 aliphatic carbocycles. The molecule has 0 fully saturated rings. The van der Waals surface area contributed by atoms with Gasteiger partial charge in [-0.1, -0.05) is 29.3 Å². The Kier molecular flexibility index (Phi) is 6.65. The van der Waals surface area contributed by atoms with E-state index in [0.29, 0.717) is 32.5 Å². The molecule has 146 valence electrons. The Balaban J connectivity index is 1.57. The van der Waals surface area contributed by atoms with Crippen LogP contribution in [0, 0.1) is 6.92 Å². The van der Waals surface area contributed by atoms with Crippen LogP contribution in [0.15, 0.2) is 71.8 Å². The highest BCUT2D eigenvalue weighted by Crippen LogP contribution is 2.18. The number of halogens is 2. The van der Waals surface area contributed by atoms with Crippen LogP contribution in [0.1, 0.15) is 31.8 Å². The summed E-state index contributed by atoms with van der Waals surface area (Å²) < 4.78 is 5.31. The van der Waals surface area contributed by atoms with E-state index in [-0.39, 0.29) is 0 Å². The number of carbonyl (C=O) groups excluding carboxylic acids is 2. The molecule has 0 saturated carbocycles. The topological polar surface area (TPSA) is 67.8 Å². The summed E-state index contributed by atoms with van der Waals surface area (Å²) in [6.45, 7) is 1.89. The number of hydrazone groups is 1. The van der Waals surface area contributed by atoms with E-state index in [2.05, 4.69) is 10.5 Å². The third kappa shape index (κ3) is 5.67. The first-order chi connectivity index (χ1) is 13.9. The van der Waals surface area contributed by atoms with Gasteiger partial charge in [-0.2, -0.15) is 5.10 Å². The monoisotopic (exact) mass is 426 g/mol. The predicted molar refractivity (Wildman–Crippen MR) is 114 cm³/mol. The zero-order chi connectivity index (χ0) is 20.8. The van der Waals surface area contributed by atoms with Crippen molar-refractivity contribution >= 4 is 41.3 Å². The maximum absolute atomic E-state index is 12.1. The van der Waals surface area contributed by atoms with Crippen LogP contribution < -0.4 is 10.2 Å². The second-order valence-electron chi connectivity index (χ2n) is 6.15. The minimum absolute atomic E-state index is 0.346. The standard InChI is InChI=1S/C22H16Cl2N2O3/c1-14-2-11-19(20(24)12-14)21(27)26-25-13-15-3-9-18(10-4-15)29-22(28)16-5-7-17(23)8-6-16/h2-13H,1H3,(H,26,27)/b25-13-. The van der Waals surface area contributed by atoms with Crippen molar-refractivity contribution in [1.82, 2.24) is 5.43 Å². The molecule has 0 atom stereocenters. The normalized spacial score (nSPS) is 10.7. The summed E-state index contributed by atoms with van der Waals surface area (Å²) in [5.41, 5.74) is 4.86. The van der Waals surface area contributed by atoms with E-state index in [1.165, 1.54) is 6.21 Å². The summed E-state index contributed by atoms with van der Waals surface area (Å²) in [7, 11) is 0. The lowest BCUT2D eigenvalue weighted by atomic mass is 10.1. The highest BCUT2D eigenvalue weighted by molar-refractivity contribution is 6.33. The number of aryl methyl sites for hydroxylation is 1. The quantitative estimate of drug-likeness (QED) is 0.261. The van der Waals surface area contributed by atoms with Crippen LogP contribution >= 0.6 is 23.2 Å². The van der Waals surface area contributed by atoms with Crippen LogP contribution in [-0.4, -0.2) is 18.1 Å². The summed E-state index contributed by atoms with van der Waals surface area (Å²) in [6, 6.07) is 18.3. The lowest BCUT2D eigenvalue weighted by Crippen LogP contribution is -2.18. The third-order valence-electron chi connectivity index (χ3n) is 3.92. The summed E-state index contributed by atoms with van der Waals surface area (Å²) in [5, 5.41) is 4.83. The molecule has 0 heterocycles. The van der Waals surface area contributed by atoms with E-state index < -0.39 is 11.9 Å². The van der Waals surface area contributed by atoms with Gasteiger partial charge in [-0.05, 0) is 78.7 Å². The molecule has 5 nitrogen and oxygen atoms in total. The molecule has 3 aromatic rings. The van der Waals surface area contributed by atoms with Gasteiger partial charge in [0.1, 0.15) is 5.75 Å². The third-order valence-corrected chi connectivity index (χ3v) is 4.48. The lowest BCUT2D eigenvalue weighted by Gasteiger charge is -2.05. The van der Waals surface area contributed by atoms with Crippen molar-refractivity contribution in [3.8, 4) is 5.75 Å². The molecule has 0 aliphatic heterocycles. The number of hydrogen-bond donors (Lipinski definition) is 1. The number of hydrogen-bond acceptors (Lipinski definition) is 4. The van der Waals surface area contributed by atoms with E-state index in [1.807, 2.05) is 6.92 Å². The molecular formula is C22H16Cl2N2O3. The largest absolute Gasteiger partial charge is 0.423 e. The molecule has 1 N–H and O–H groups in total. The maximum Gasteiger partial charge on any atom is 0.343 e. The van der Waals surface area contributed by atoms with Crippen molar-refractivity contribution in [3.63, 3.8) is 0 Å².